The van der Waals surface area contributed by atoms with E-state index in [4.69, 9.17) is 0 Å². The third-order valence-corrected chi connectivity index (χ3v) is 5.15. The predicted molar refractivity (Wildman–Crippen MR) is 84.9 cm³/mol. The molecule has 0 radical (unpaired) electrons. The maximum Gasteiger partial charge on any atom is 0.0491 e. The molecule has 2 nitrogen and oxygen atoms in total. The van der Waals surface area contributed by atoms with Gasteiger partial charge in [-0.2, -0.15) is 0 Å². The number of rotatable bonds is 2. The molecule has 1 saturated heterocycles. The number of hydrogen-bond acceptors (Lipinski definition) is 1. The van der Waals surface area contributed by atoms with Gasteiger partial charge in [-0.05, 0) is 52.5 Å². The molecular formula is C16H21BrN2. The summed E-state index contributed by atoms with van der Waals surface area (Å²) in [4.78, 5) is 0. The summed E-state index contributed by atoms with van der Waals surface area (Å²) < 4.78 is 3.66. The molecule has 2 heterocycles. The number of fused-ring (bicyclic) bond motifs is 1. The first-order valence-electron chi connectivity index (χ1n) is 7.08. The van der Waals surface area contributed by atoms with Crippen LogP contribution in [0.4, 0.5) is 0 Å². The fraction of sp³-hybridized carbons (Fsp3) is 0.500. The van der Waals surface area contributed by atoms with Crippen molar-refractivity contribution < 1.29 is 0 Å². The Morgan fingerprint density at radius 2 is 2.16 bits per heavy atom. The molecule has 19 heavy (non-hydrogen) atoms. The highest BCUT2D eigenvalue weighted by atomic mass is 79.9. The van der Waals surface area contributed by atoms with E-state index in [1.807, 2.05) is 0 Å². The molecule has 2 aromatic rings. The number of hydrogen-bond donors (Lipinski definition) is 1. The van der Waals surface area contributed by atoms with E-state index in [1.165, 1.54) is 33.1 Å². The molecule has 0 saturated carbocycles. The maximum absolute atomic E-state index is 3.85. The molecule has 3 heteroatoms. The van der Waals surface area contributed by atoms with E-state index in [-0.39, 0.29) is 0 Å². The van der Waals surface area contributed by atoms with Crippen LogP contribution in [-0.2, 0) is 7.05 Å². The van der Waals surface area contributed by atoms with E-state index in [0.29, 0.717) is 11.8 Å². The summed E-state index contributed by atoms with van der Waals surface area (Å²) in [6.45, 7) is 6.73. The molecule has 1 aromatic carbocycles. The molecular weight excluding hydrogens is 300 g/mol. The summed E-state index contributed by atoms with van der Waals surface area (Å²) in [6.07, 6.45) is 1.24. The number of nitrogens with one attached hydrogen (secondary N) is 1. The lowest BCUT2D eigenvalue weighted by Crippen LogP contribution is -2.10. The van der Waals surface area contributed by atoms with Crippen molar-refractivity contribution in [1.29, 1.82) is 0 Å². The van der Waals surface area contributed by atoms with E-state index in [2.05, 4.69) is 64.9 Å². The predicted octanol–water partition coefficient (Wildman–Crippen LogP) is 4.14. The summed E-state index contributed by atoms with van der Waals surface area (Å²) >= 11 is 3.85. The topological polar surface area (TPSA) is 17.0 Å². The zero-order valence-corrected chi connectivity index (χ0v) is 13.4. The molecule has 1 aliphatic heterocycles. The molecule has 1 fully saturated rings. The van der Waals surface area contributed by atoms with Crippen LogP contribution in [0.25, 0.3) is 10.9 Å². The summed E-state index contributed by atoms with van der Waals surface area (Å²) in [5.74, 6) is 1.21. The van der Waals surface area contributed by atoms with Crippen molar-refractivity contribution in [2.45, 2.75) is 32.1 Å². The highest BCUT2D eigenvalue weighted by Gasteiger charge is 2.24. The number of aryl methyl sites for hydroxylation is 1. The van der Waals surface area contributed by atoms with E-state index >= 15 is 0 Å². The Morgan fingerprint density at radius 3 is 2.79 bits per heavy atom. The second-order valence-corrected chi connectivity index (χ2v) is 6.67. The van der Waals surface area contributed by atoms with Gasteiger partial charge >= 0.3 is 0 Å². The van der Waals surface area contributed by atoms with Gasteiger partial charge in [-0.15, -0.1) is 0 Å². The SMILES string of the molecule is CC(C)c1ccc2c(c1)c(Br)c(C1CCNC1)n2C. The first-order chi connectivity index (χ1) is 9.09. The van der Waals surface area contributed by atoms with Crippen LogP contribution < -0.4 is 5.32 Å². The van der Waals surface area contributed by atoms with Crippen LogP contribution >= 0.6 is 15.9 Å². The zero-order chi connectivity index (χ0) is 13.6. The largest absolute Gasteiger partial charge is 0.346 e. The summed E-state index contributed by atoms with van der Waals surface area (Å²) in [5, 5.41) is 4.82. The molecule has 102 valence electrons. The fourth-order valence-corrected chi connectivity index (χ4v) is 4.04. The fourth-order valence-electron chi connectivity index (χ4n) is 3.14. The highest BCUT2D eigenvalue weighted by Crippen LogP contribution is 2.38. The molecule has 0 aliphatic carbocycles. The molecule has 0 bridgehead atoms. The second-order valence-electron chi connectivity index (χ2n) is 5.88. The molecule has 1 atom stereocenters. The van der Waals surface area contributed by atoms with E-state index in [9.17, 15) is 0 Å². The van der Waals surface area contributed by atoms with Gasteiger partial charge in [0.15, 0.2) is 0 Å². The Hall–Kier alpha value is -0.800. The normalized spacial score (nSPS) is 19.7. The van der Waals surface area contributed by atoms with Crippen LogP contribution in [-0.4, -0.2) is 17.7 Å². The van der Waals surface area contributed by atoms with Gasteiger partial charge in [-0.3, -0.25) is 0 Å². The zero-order valence-electron chi connectivity index (χ0n) is 11.8. The van der Waals surface area contributed by atoms with Gasteiger partial charge in [0.25, 0.3) is 0 Å². The second kappa shape index (κ2) is 4.95. The Kier molecular flexibility index (Phi) is 3.44. The van der Waals surface area contributed by atoms with Crippen molar-refractivity contribution in [3.05, 3.63) is 33.9 Å². The van der Waals surface area contributed by atoms with Crippen molar-refractivity contribution in [1.82, 2.24) is 9.88 Å². The molecule has 0 spiro atoms. The summed E-state index contributed by atoms with van der Waals surface area (Å²) in [7, 11) is 2.19. The summed E-state index contributed by atoms with van der Waals surface area (Å²) in [5.41, 5.74) is 4.19. The van der Waals surface area contributed by atoms with E-state index in [1.54, 1.807) is 0 Å². The number of halogens is 1. The minimum atomic E-state index is 0.577. The number of nitrogens with zero attached hydrogens (tertiary/aromatic N) is 1. The van der Waals surface area contributed by atoms with Crippen LogP contribution in [0.3, 0.4) is 0 Å². The Labute approximate surface area is 123 Å². The Bertz CT molecular complexity index is 607. The van der Waals surface area contributed by atoms with Crippen molar-refractivity contribution in [3.8, 4) is 0 Å². The van der Waals surface area contributed by atoms with Gasteiger partial charge in [0, 0.05) is 40.6 Å². The molecule has 1 aromatic heterocycles. The number of aromatic nitrogens is 1. The molecule has 0 amide bonds. The lowest BCUT2D eigenvalue weighted by molar-refractivity contribution is 0.690. The summed E-state index contributed by atoms with van der Waals surface area (Å²) in [6, 6.07) is 6.87. The van der Waals surface area contributed by atoms with Crippen LogP contribution in [0.5, 0.6) is 0 Å². The first-order valence-corrected chi connectivity index (χ1v) is 7.87. The van der Waals surface area contributed by atoms with Crippen molar-refractivity contribution in [2.75, 3.05) is 13.1 Å². The quantitative estimate of drug-likeness (QED) is 0.879. The van der Waals surface area contributed by atoms with E-state index in [0.717, 1.165) is 13.1 Å². The number of benzene rings is 1. The smallest absolute Gasteiger partial charge is 0.0491 e. The lowest BCUT2D eigenvalue weighted by atomic mass is 10.0. The average Bonchev–Trinajstić information content (AvgIpc) is 2.98. The van der Waals surface area contributed by atoms with Crippen LogP contribution in [0, 0.1) is 0 Å². The average molecular weight is 321 g/mol. The molecule has 1 unspecified atom stereocenters. The third kappa shape index (κ3) is 2.13. The van der Waals surface area contributed by atoms with Gasteiger partial charge in [0.2, 0.25) is 0 Å². The van der Waals surface area contributed by atoms with Crippen molar-refractivity contribution in [3.63, 3.8) is 0 Å². The maximum atomic E-state index is 3.85. The Morgan fingerprint density at radius 1 is 1.37 bits per heavy atom. The standard InChI is InChI=1S/C16H21BrN2/c1-10(2)11-4-5-14-13(8-11)15(17)16(19(14)3)12-6-7-18-9-12/h4-5,8,10,12,18H,6-7,9H2,1-3H3. The third-order valence-electron chi connectivity index (χ3n) is 4.32. The monoisotopic (exact) mass is 320 g/mol. The molecule has 1 aliphatic rings. The highest BCUT2D eigenvalue weighted by molar-refractivity contribution is 9.10. The van der Waals surface area contributed by atoms with Crippen molar-refractivity contribution >= 4 is 26.8 Å². The van der Waals surface area contributed by atoms with Gasteiger partial charge < -0.3 is 9.88 Å². The van der Waals surface area contributed by atoms with Crippen LogP contribution in [0.2, 0.25) is 0 Å². The van der Waals surface area contributed by atoms with Crippen LogP contribution in [0.15, 0.2) is 22.7 Å². The lowest BCUT2D eigenvalue weighted by Gasteiger charge is -2.11. The van der Waals surface area contributed by atoms with Crippen molar-refractivity contribution in [2.24, 2.45) is 7.05 Å². The van der Waals surface area contributed by atoms with Gasteiger partial charge in [0.1, 0.15) is 0 Å². The van der Waals surface area contributed by atoms with Gasteiger partial charge in [0.05, 0.1) is 0 Å². The minimum absolute atomic E-state index is 0.577. The van der Waals surface area contributed by atoms with Crippen LogP contribution in [0.1, 0.15) is 43.4 Å². The molecule has 3 rings (SSSR count). The minimum Gasteiger partial charge on any atom is -0.346 e. The molecule has 1 N–H and O–H groups in total. The van der Waals surface area contributed by atoms with E-state index < -0.39 is 0 Å². The Balaban J connectivity index is 2.18. The first kappa shape index (κ1) is 13.2. The van der Waals surface area contributed by atoms with Gasteiger partial charge in [-0.25, -0.2) is 0 Å². The van der Waals surface area contributed by atoms with Gasteiger partial charge in [-0.1, -0.05) is 19.9 Å².